The summed E-state index contributed by atoms with van der Waals surface area (Å²) in [7, 11) is -1.08. The van der Waals surface area contributed by atoms with Crippen LogP contribution in [0.5, 0.6) is 0 Å². The van der Waals surface area contributed by atoms with Crippen molar-refractivity contribution in [3.8, 4) is 0 Å². The number of rotatable bonds is 5. The molecular formula is C12H18ClN3O2Si. The van der Waals surface area contributed by atoms with Crippen LogP contribution < -0.4 is 5.56 Å². The fraction of sp³-hybridized carbons (Fsp3) is 0.500. The van der Waals surface area contributed by atoms with Crippen LogP contribution in [0.4, 0.5) is 0 Å². The molecule has 2 aromatic heterocycles. The van der Waals surface area contributed by atoms with E-state index < -0.39 is 8.07 Å². The van der Waals surface area contributed by atoms with Gasteiger partial charge in [0, 0.05) is 20.9 Å². The number of ether oxygens (including phenoxy) is 1. The Labute approximate surface area is 117 Å². The molecule has 104 valence electrons. The summed E-state index contributed by atoms with van der Waals surface area (Å²) in [6, 6.07) is 1.11. The van der Waals surface area contributed by atoms with Crippen LogP contribution >= 0.6 is 11.6 Å². The van der Waals surface area contributed by atoms with Crippen molar-refractivity contribution in [2.45, 2.75) is 32.4 Å². The Bertz CT molecular complexity index is 630. The third kappa shape index (κ3) is 3.46. The molecule has 2 heterocycles. The number of H-pyrrole nitrogens is 1. The maximum absolute atomic E-state index is 11.6. The van der Waals surface area contributed by atoms with Gasteiger partial charge in [0.2, 0.25) is 0 Å². The van der Waals surface area contributed by atoms with E-state index in [1.165, 1.54) is 0 Å². The molecule has 0 aliphatic rings. The van der Waals surface area contributed by atoms with Gasteiger partial charge in [0.25, 0.3) is 5.56 Å². The van der Waals surface area contributed by atoms with Crippen molar-refractivity contribution in [1.82, 2.24) is 14.8 Å². The Morgan fingerprint density at radius 3 is 2.89 bits per heavy atom. The van der Waals surface area contributed by atoms with E-state index in [0.717, 1.165) is 12.7 Å². The van der Waals surface area contributed by atoms with Crippen molar-refractivity contribution in [2.75, 3.05) is 6.61 Å². The summed E-state index contributed by atoms with van der Waals surface area (Å²) in [5.41, 5.74) is 0.421. The molecule has 5 nitrogen and oxygen atoms in total. The largest absolute Gasteiger partial charge is 0.361 e. The molecule has 0 saturated carbocycles. The lowest BCUT2D eigenvalue weighted by Gasteiger charge is -2.15. The minimum Gasteiger partial charge on any atom is -0.361 e. The summed E-state index contributed by atoms with van der Waals surface area (Å²) in [6.45, 7) is 8.04. The van der Waals surface area contributed by atoms with Crippen LogP contribution in [0.25, 0.3) is 10.9 Å². The number of nitrogens with zero attached hydrogens (tertiary/aromatic N) is 2. The van der Waals surface area contributed by atoms with Gasteiger partial charge in [0.1, 0.15) is 6.73 Å². The number of hydrogen-bond acceptors (Lipinski definition) is 3. The Morgan fingerprint density at radius 2 is 2.21 bits per heavy atom. The van der Waals surface area contributed by atoms with E-state index in [4.69, 9.17) is 16.3 Å². The first-order valence-electron chi connectivity index (χ1n) is 6.18. The molecule has 0 bridgehead atoms. The van der Waals surface area contributed by atoms with Gasteiger partial charge >= 0.3 is 0 Å². The smallest absolute Gasteiger partial charge is 0.275 e. The van der Waals surface area contributed by atoms with E-state index in [1.807, 2.05) is 4.57 Å². The highest BCUT2D eigenvalue weighted by Crippen LogP contribution is 2.21. The molecular weight excluding hydrogens is 282 g/mol. The molecule has 0 aromatic carbocycles. The summed E-state index contributed by atoms with van der Waals surface area (Å²) in [6.07, 6.45) is 3.29. The van der Waals surface area contributed by atoms with Crippen molar-refractivity contribution < 1.29 is 4.74 Å². The van der Waals surface area contributed by atoms with E-state index >= 15 is 0 Å². The van der Waals surface area contributed by atoms with Crippen LogP contribution in [0.2, 0.25) is 30.7 Å². The number of nitrogens with one attached hydrogen (secondary N) is 1. The Balaban J connectivity index is 2.10. The molecule has 19 heavy (non-hydrogen) atoms. The zero-order chi connectivity index (χ0) is 14.0. The van der Waals surface area contributed by atoms with Gasteiger partial charge in [-0.2, -0.15) is 5.10 Å². The fourth-order valence-electron chi connectivity index (χ4n) is 1.76. The standard InChI is InChI=1S/C12H18ClN3O2Si/c1-19(2,3)5-4-18-8-16-7-9(13)11-10(16)6-14-15-12(11)17/h6-7H,4-5,8H2,1-3H3,(H,15,17). The second-order valence-corrected chi connectivity index (χ2v) is 11.8. The van der Waals surface area contributed by atoms with Crippen LogP contribution in [0, 0.1) is 0 Å². The molecule has 2 rings (SSSR count). The third-order valence-electron chi connectivity index (χ3n) is 2.88. The van der Waals surface area contributed by atoms with Gasteiger partial charge in [-0.05, 0) is 6.04 Å². The predicted octanol–water partition coefficient (Wildman–Crippen LogP) is 2.69. The highest BCUT2D eigenvalue weighted by molar-refractivity contribution is 6.76. The molecule has 2 aromatic rings. The molecule has 0 aliphatic carbocycles. The first-order chi connectivity index (χ1) is 8.88. The fourth-order valence-corrected chi connectivity index (χ4v) is 2.81. The maximum atomic E-state index is 11.6. The number of aromatic nitrogens is 3. The summed E-state index contributed by atoms with van der Waals surface area (Å²) < 4.78 is 7.47. The number of hydrogen-bond donors (Lipinski definition) is 1. The topological polar surface area (TPSA) is 59.9 Å². The monoisotopic (exact) mass is 299 g/mol. The van der Waals surface area contributed by atoms with Gasteiger partial charge in [-0.1, -0.05) is 31.2 Å². The molecule has 0 atom stereocenters. The van der Waals surface area contributed by atoms with E-state index in [-0.39, 0.29) is 5.56 Å². The minimum atomic E-state index is -1.08. The molecule has 0 radical (unpaired) electrons. The molecule has 7 heteroatoms. The van der Waals surface area contributed by atoms with Crippen molar-refractivity contribution in [2.24, 2.45) is 0 Å². The second kappa shape index (κ2) is 5.48. The Kier molecular flexibility index (Phi) is 4.12. The average Bonchev–Trinajstić information content (AvgIpc) is 2.62. The average molecular weight is 300 g/mol. The molecule has 0 unspecified atom stereocenters. The van der Waals surface area contributed by atoms with Crippen molar-refractivity contribution in [1.29, 1.82) is 0 Å². The zero-order valence-corrected chi connectivity index (χ0v) is 13.1. The molecule has 0 aliphatic heterocycles. The third-order valence-corrected chi connectivity index (χ3v) is 4.87. The summed E-state index contributed by atoms with van der Waals surface area (Å²) in [4.78, 5) is 11.6. The van der Waals surface area contributed by atoms with Gasteiger partial charge in [-0.15, -0.1) is 0 Å². The molecule has 0 fully saturated rings. The van der Waals surface area contributed by atoms with E-state index in [9.17, 15) is 4.79 Å². The van der Waals surface area contributed by atoms with E-state index in [0.29, 0.717) is 22.7 Å². The second-order valence-electron chi connectivity index (χ2n) is 5.75. The number of aromatic amines is 1. The van der Waals surface area contributed by atoms with E-state index in [2.05, 4.69) is 29.8 Å². The highest BCUT2D eigenvalue weighted by Gasteiger charge is 2.13. The lowest BCUT2D eigenvalue weighted by Crippen LogP contribution is -2.22. The Morgan fingerprint density at radius 1 is 1.47 bits per heavy atom. The van der Waals surface area contributed by atoms with E-state index in [1.54, 1.807) is 12.4 Å². The zero-order valence-electron chi connectivity index (χ0n) is 11.4. The number of halogens is 1. The summed E-state index contributed by atoms with van der Waals surface area (Å²) in [5, 5.41) is 7.05. The van der Waals surface area contributed by atoms with Crippen molar-refractivity contribution >= 4 is 30.6 Å². The Hall–Kier alpha value is -1.11. The molecule has 0 spiro atoms. The first kappa shape index (κ1) is 14.3. The number of fused-ring (bicyclic) bond motifs is 1. The van der Waals surface area contributed by atoms with Crippen molar-refractivity contribution in [3.05, 3.63) is 27.8 Å². The minimum absolute atomic E-state index is 0.275. The molecule has 1 N–H and O–H groups in total. The normalized spacial score (nSPS) is 12.2. The lowest BCUT2D eigenvalue weighted by molar-refractivity contribution is 0.0902. The SMILES string of the molecule is C[Si](C)(C)CCOCn1cc(Cl)c2c(=O)[nH]ncc21. The summed E-state index contributed by atoms with van der Waals surface area (Å²) in [5.74, 6) is 0. The maximum Gasteiger partial charge on any atom is 0.275 e. The van der Waals surface area contributed by atoms with Crippen LogP contribution in [0.3, 0.4) is 0 Å². The molecule has 0 amide bonds. The van der Waals surface area contributed by atoms with Gasteiger partial charge < -0.3 is 9.30 Å². The lowest BCUT2D eigenvalue weighted by atomic mass is 10.4. The first-order valence-corrected chi connectivity index (χ1v) is 10.3. The summed E-state index contributed by atoms with van der Waals surface area (Å²) >= 11 is 6.05. The molecule has 0 saturated heterocycles. The van der Waals surface area contributed by atoms with Gasteiger partial charge in [-0.25, -0.2) is 5.10 Å². The van der Waals surface area contributed by atoms with Crippen molar-refractivity contribution in [3.63, 3.8) is 0 Å². The van der Waals surface area contributed by atoms with Crippen LogP contribution in [0.15, 0.2) is 17.2 Å². The predicted molar refractivity (Wildman–Crippen MR) is 79.5 cm³/mol. The van der Waals surface area contributed by atoms with Crippen LogP contribution in [-0.2, 0) is 11.5 Å². The van der Waals surface area contributed by atoms with Gasteiger partial charge in [-0.3, -0.25) is 4.79 Å². The van der Waals surface area contributed by atoms with Gasteiger partial charge in [0.05, 0.1) is 22.1 Å². The van der Waals surface area contributed by atoms with Gasteiger partial charge in [0.15, 0.2) is 0 Å². The van der Waals surface area contributed by atoms with Crippen LogP contribution in [0.1, 0.15) is 0 Å². The highest BCUT2D eigenvalue weighted by atomic mass is 35.5. The van der Waals surface area contributed by atoms with Crippen LogP contribution in [-0.4, -0.2) is 29.4 Å². The quantitative estimate of drug-likeness (QED) is 0.682.